The van der Waals surface area contributed by atoms with E-state index in [1.54, 1.807) is 0 Å². The molecule has 1 aliphatic heterocycles. The fourth-order valence-corrected chi connectivity index (χ4v) is 1.87. The molecule has 0 unspecified atom stereocenters. The van der Waals surface area contributed by atoms with Gasteiger partial charge in [0.2, 0.25) is 5.91 Å². The number of ether oxygens (including phenoxy) is 1. The van der Waals surface area contributed by atoms with Crippen LogP contribution in [0.5, 0.6) is 0 Å². The van der Waals surface area contributed by atoms with Gasteiger partial charge < -0.3 is 9.64 Å². The molecule has 0 aliphatic carbocycles. The smallest absolute Gasteiger partial charge is 0.236 e. The molecule has 1 heterocycles. The maximum atomic E-state index is 11.7. The maximum Gasteiger partial charge on any atom is 0.236 e. The van der Waals surface area contributed by atoms with Crippen LogP contribution in [0, 0.1) is 0 Å². The molecule has 0 aromatic carbocycles. The summed E-state index contributed by atoms with van der Waals surface area (Å²) in [5, 5.41) is 0. The van der Waals surface area contributed by atoms with Crippen LogP contribution in [0.2, 0.25) is 0 Å². The minimum absolute atomic E-state index is 0.262. The molecule has 0 spiro atoms. The maximum absolute atomic E-state index is 11.7. The second-order valence-corrected chi connectivity index (χ2v) is 4.58. The third kappa shape index (κ3) is 4.49. The zero-order valence-corrected chi connectivity index (χ0v) is 10.7. The first kappa shape index (κ1) is 13.5. The quantitative estimate of drug-likeness (QED) is 0.679. The molecule has 1 saturated heterocycles. The van der Waals surface area contributed by atoms with Gasteiger partial charge in [-0.05, 0) is 20.3 Å². The van der Waals surface area contributed by atoms with Crippen LogP contribution in [-0.4, -0.2) is 61.1 Å². The highest BCUT2D eigenvalue weighted by Gasteiger charge is 2.22. The number of nitrogens with zero attached hydrogens (tertiary/aromatic N) is 2. The Balaban J connectivity index is 2.21. The van der Waals surface area contributed by atoms with Crippen molar-refractivity contribution in [2.75, 3.05) is 39.3 Å². The molecule has 0 radical (unpaired) electrons. The van der Waals surface area contributed by atoms with Gasteiger partial charge in [0.15, 0.2) is 0 Å². The molecule has 1 aliphatic rings. The summed E-state index contributed by atoms with van der Waals surface area (Å²) in [6.45, 7) is 11.1. The van der Waals surface area contributed by atoms with Crippen molar-refractivity contribution in [3.05, 3.63) is 0 Å². The van der Waals surface area contributed by atoms with Gasteiger partial charge >= 0.3 is 0 Å². The monoisotopic (exact) mass is 228 g/mol. The van der Waals surface area contributed by atoms with Crippen LogP contribution in [-0.2, 0) is 9.53 Å². The summed E-state index contributed by atoms with van der Waals surface area (Å²) in [6, 6.07) is 0. The van der Waals surface area contributed by atoms with E-state index in [-0.39, 0.29) is 12.0 Å². The van der Waals surface area contributed by atoms with E-state index in [0.717, 1.165) is 39.2 Å². The van der Waals surface area contributed by atoms with Gasteiger partial charge in [-0.2, -0.15) is 0 Å². The van der Waals surface area contributed by atoms with Crippen LogP contribution in [0.25, 0.3) is 0 Å². The van der Waals surface area contributed by atoms with Gasteiger partial charge in [-0.1, -0.05) is 6.92 Å². The Labute approximate surface area is 98.5 Å². The van der Waals surface area contributed by atoms with Gasteiger partial charge in [0.1, 0.15) is 0 Å². The van der Waals surface area contributed by atoms with Gasteiger partial charge in [-0.15, -0.1) is 0 Å². The number of rotatable bonds is 6. The topological polar surface area (TPSA) is 32.8 Å². The largest absolute Gasteiger partial charge is 0.377 e. The van der Waals surface area contributed by atoms with Crippen molar-refractivity contribution >= 4 is 5.91 Å². The molecule has 0 saturated carbocycles. The predicted octanol–water partition coefficient (Wildman–Crippen LogP) is 0.966. The molecule has 1 rings (SSSR count). The van der Waals surface area contributed by atoms with E-state index in [0.29, 0.717) is 6.54 Å². The summed E-state index contributed by atoms with van der Waals surface area (Å²) < 4.78 is 5.49. The molecule has 94 valence electrons. The lowest BCUT2D eigenvalue weighted by Crippen LogP contribution is -2.51. The van der Waals surface area contributed by atoms with E-state index >= 15 is 0 Å². The highest BCUT2D eigenvalue weighted by Crippen LogP contribution is 2.04. The van der Waals surface area contributed by atoms with Crippen LogP contribution < -0.4 is 0 Å². The van der Waals surface area contributed by atoms with Crippen molar-refractivity contribution in [2.24, 2.45) is 0 Å². The van der Waals surface area contributed by atoms with Crippen molar-refractivity contribution in [1.82, 2.24) is 9.80 Å². The number of hydrogen-bond donors (Lipinski definition) is 0. The second-order valence-electron chi connectivity index (χ2n) is 4.58. The van der Waals surface area contributed by atoms with E-state index < -0.39 is 0 Å². The Kier molecular flexibility index (Phi) is 5.77. The van der Waals surface area contributed by atoms with Crippen LogP contribution in [0.15, 0.2) is 0 Å². The molecule has 4 nitrogen and oxygen atoms in total. The Morgan fingerprint density at radius 2 is 2.06 bits per heavy atom. The van der Waals surface area contributed by atoms with Crippen LogP contribution in [0.3, 0.4) is 0 Å². The number of piperazine rings is 1. The summed E-state index contributed by atoms with van der Waals surface area (Å²) in [4.78, 5) is 15.9. The number of carbonyl (C=O) groups excluding carboxylic acids is 1. The number of amides is 1. The van der Waals surface area contributed by atoms with E-state index in [1.807, 2.05) is 18.7 Å². The predicted molar refractivity (Wildman–Crippen MR) is 64.4 cm³/mol. The van der Waals surface area contributed by atoms with Gasteiger partial charge in [-0.25, -0.2) is 0 Å². The molecule has 0 N–H and O–H groups in total. The Morgan fingerprint density at radius 3 is 2.62 bits per heavy atom. The lowest BCUT2D eigenvalue weighted by atomic mass is 10.3. The molecule has 1 amide bonds. The van der Waals surface area contributed by atoms with E-state index in [1.165, 1.54) is 0 Å². The summed E-state index contributed by atoms with van der Waals surface area (Å²) in [5.74, 6) is 0.262. The lowest BCUT2D eigenvalue weighted by Gasteiger charge is -2.34. The molecule has 16 heavy (non-hydrogen) atoms. The SMILES string of the molecule is CCCN1CCN(CCOC(C)C)CC1=O. The van der Waals surface area contributed by atoms with Crippen molar-refractivity contribution in [3.8, 4) is 0 Å². The molecule has 0 aromatic heterocycles. The Hall–Kier alpha value is -0.610. The first-order chi connectivity index (χ1) is 7.63. The third-order valence-electron chi connectivity index (χ3n) is 2.75. The third-order valence-corrected chi connectivity index (χ3v) is 2.75. The molecule has 1 fully saturated rings. The van der Waals surface area contributed by atoms with Crippen molar-refractivity contribution in [3.63, 3.8) is 0 Å². The van der Waals surface area contributed by atoms with E-state index in [4.69, 9.17) is 4.74 Å². The highest BCUT2D eigenvalue weighted by molar-refractivity contribution is 5.78. The fraction of sp³-hybridized carbons (Fsp3) is 0.917. The average Bonchev–Trinajstić information content (AvgIpc) is 2.21. The van der Waals surface area contributed by atoms with Crippen LogP contribution in [0.1, 0.15) is 27.2 Å². The van der Waals surface area contributed by atoms with Crippen molar-refractivity contribution in [2.45, 2.75) is 33.3 Å². The fourth-order valence-electron chi connectivity index (χ4n) is 1.87. The van der Waals surface area contributed by atoms with Gasteiger partial charge in [0.25, 0.3) is 0 Å². The Bertz CT molecular complexity index is 219. The van der Waals surface area contributed by atoms with Gasteiger partial charge in [0, 0.05) is 26.2 Å². The lowest BCUT2D eigenvalue weighted by molar-refractivity contribution is -0.136. The zero-order chi connectivity index (χ0) is 12.0. The molecular weight excluding hydrogens is 204 g/mol. The molecule has 0 aromatic rings. The molecule has 4 heteroatoms. The second kappa shape index (κ2) is 6.86. The summed E-state index contributed by atoms with van der Waals surface area (Å²) in [7, 11) is 0. The normalized spacial score (nSPS) is 18.5. The minimum Gasteiger partial charge on any atom is -0.377 e. The van der Waals surface area contributed by atoms with Gasteiger partial charge in [-0.3, -0.25) is 9.69 Å². The first-order valence-electron chi connectivity index (χ1n) is 6.25. The average molecular weight is 228 g/mol. The highest BCUT2D eigenvalue weighted by atomic mass is 16.5. The molecule has 0 bridgehead atoms. The molecular formula is C12H24N2O2. The minimum atomic E-state index is 0.262. The number of carbonyl (C=O) groups is 1. The Morgan fingerprint density at radius 1 is 1.31 bits per heavy atom. The van der Waals surface area contributed by atoms with E-state index in [2.05, 4.69) is 11.8 Å². The van der Waals surface area contributed by atoms with Crippen molar-refractivity contribution in [1.29, 1.82) is 0 Å². The summed E-state index contributed by atoms with van der Waals surface area (Å²) >= 11 is 0. The van der Waals surface area contributed by atoms with Crippen LogP contribution >= 0.6 is 0 Å². The number of hydrogen-bond acceptors (Lipinski definition) is 3. The van der Waals surface area contributed by atoms with Crippen molar-refractivity contribution < 1.29 is 9.53 Å². The summed E-state index contributed by atoms with van der Waals surface area (Å²) in [6.07, 6.45) is 1.32. The van der Waals surface area contributed by atoms with Crippen LogP contribution in [0.4, 0.5) is 0 Å². The first-order valence-corrected chi connectivity index (χ1v) is 6.25. The standard InChI is InChI=1S/C12H24N2O2/c1-4-5-14-7-6-13(10-12(14)15)8-9-16-11(2)3/h11H,4-10H2,1-3H3. The van der Waals surface area contributed by atoms with E-state index in [9.17, 15) is 4.79 Å². The summed E-state index contributed by atoms with van der Waals surface area (Å²) in [5.41, 5.74) is 0. The zero-order valence-electron chi connectivity index (χ0n) is 10.7. The van der Waals surface area contributed by atoms with Gasteiger partial charge in [0.05, 0.1) is 19.3 Å². The molecule has 0 atom stereocenters.